The van der Waals surface area contributed by atoms with E-state index in [9.17, 15) is 0 Å². The second-order valence-electron chi connectivity index (χ2n) is 4.90. The Morgan fingerprint density at radius 3 is 2.62 bits per heavy atom. The topological polar surface area (TPSA) is 47.5 Å². The Morgan fingerprint density at radius 2 is 2.04 bits per heavy atom. The summed E-state index contributed by atoms with van der Waals surface area (Å²) in [5.41, 5.74) is 5.89. The SMILES string of the molecule is NC1=[N+](CCCOc2c(Cl)cc(OC/C=C(/Cl)I)cc2Cl)CCS1. The molecule has 0 spiro atoms. The number of halogens is 4. The van der Waals surface area contributed by atoms with E-state index in [4.69, 9.17) is 50.0 Å². The van der Waals surface area contributed by atoms with Gasteiger partial charge >= 0.3 is 5.17 Å². The Hall–Kier alpha value is -0.0200. The van der Waals surface area contributed by atoms with Crippen LogP contribution in [0.25, 0.3) is 0 Å². The molecule has 24 heavy (non-hydrogen) atoms. The van der Waals surface area contributed by atoms with Gasteiger partial charge in [-0.1, -0.05) is 34.8 Å². The normalized spacial score (nSPS) is 15.1. The van der Waals surface area contributed by atoms with E-state index in [-0.39, 0.29) is 0 Å². The van der Waals surface area contributed by atoms with E-state index in [1.165, 1.54) is 0 Å². The van der Waals surface area contributed by atoms with Gasteiger partial charge in [-0.05, 0) is 40.4 Å². The van der Waals surface area contributed by atoms with Crippen LogP contribution in [0, 0.1) is 0 Å². The summed E-state index contributed by atoms with van der Waals surface area (Å²) in [5, 5.41) is 1.72. The van der Waals surface area contributed by atoms with Crippen molar-refractivity contribution in [3.05, 3.63) is 31.3 Å². The summed E-state index contributed by atoms with van der Waals surface area (Å²) in [5.74, 6) is 2.09. The van der Waals surface area contributed by atoms with Crippen molar-refractivity contribution in [3.63, 3.8) is 0 Å². The third-order valence-corrected chi connectivity index (χ3v) is 5.30. The van der Waals surface area contributed by atoms with Gasteiger partial charge in [0.1, 0.15) is 12.4 Å². The predicted octanol–water partition coefficient (Wildman–Crippen LogP) is 4.73. The summed E-state index contributed by atoms with van der Waals surface area (Å²) < 4.78 is 14.0. The van der Waals surface area contributed by atoms with Gasteiger partial charge in [0.25, 0.3) is 0 Å². The number of hydrogen-bond acceptors (Lipinski definition) is 4. The highest BCUT2D eigenvalue weighted by Gasteiger charge is 2.17. The molecule has 132 valence electrons. The molecule has 2 N–H and O–H groups in total. The summed E-state index contributed by atoms with van der Waals surface area (Å²) in [7, 11) is 0. The van der Waals surface area contributed by atoms with Crippen LogP contribution in [-0.4, -0.2) is 41.8 Å². The molecule has 0 radical (unpaired) electrons. The molecular formula is C15H17Cl3IN2O2S+. The Balaban J connectivity index is 1.86. The van der Waals surface area contributed by atoms with Crippen molar-refractivity contribution in [3.8, 4) is 11.5 Å². The lowest BCUT2D eigenvalue weighted by Gasteiger charge is -2.12. The molecule has 0 aromatic heterocycles. The van der Waals surface area contributed by atoms with Crippen molar-refractivity contribution in [1.82, 2.24) is 0 Å². The van der Waals surface area contributed by atoms with Gasteiger partial charge in [-0.2, -0.15) is 0 Å². The number of nitrogens with zero attached hydrogens (tertiary/aromatic N) is 1. The number of nitrogens with two attached hydrogens (primary N) is 1. The largest absolute Gasteiger partial charge is 0.490 e. The van der Waals surface area contributed by atoms with Gasteiger partial charge in [-0.3, -0.25) is 10.3 Å². The summed E-state index contributed by atoms with van der Waals surface area (Å²) >= 11 is 21.9. The maximum atomic E-state index is 6.24. The van der Waals surface area contributed by atoms with Crippen molar-refractivity contribution in [1.29, 1.82) is 0 Å². The zero-order valence-corrected chi connectivity index (χ0v) is 18.0. The molecule has 0 unspecified atom stereocenters. The fourth-order valence-electron chi connectivity index (χ4n) is 2.07. The molecule has 0 fully saturated rings. The highest BCUT2D eigenvalue weighted by molar-refractivity contribution is 14.1. The average Bonchev–Trinajstić information content (AvgIpc) is 2.90. The molecular weight excluding hydrogens is 506 g/mol. The quantitative estimate of drug-likeness (QED) is 0.305. The van der Waals surface area contributed by atoms with Crippen LogP contribution in [0.3, 0.4) is 0 Å². The first-order chi connectivity index (χ1) is 11.5. The standard InChI is InChI=1S/C15H16Cl3IN2O2S/c16-11-8-10(22-6-2-13(18)19)9-12(17)14(11)23-5-1-3-21-4-7-24-15(21)20/h2,8-9,20H,1,3-7H2/p+1/b13-2-. The van der Waals surface area contributed by atoms with Gasteiger partial charge in [0.05, 0.1) is 32.8 Å². The number of thioether (sulfide) groups is 1. The Kier molecular flexibility index (Phi) is 8.63. The molecule has 4 nitrogen and oxygen atoms in total. The molecule has 2 rings (SSSR count). The molecule has 0 bridgehead atoms. The van der Waals surface area contributed by atoms with Crippen molar-refractivity contribution in [2.45, 2.75) is 6.42 Å². The highest BCUT2D eigenvalue weighted by atomic mass is 127. The summed E-state index contributed by atoms with van der Waals surface area (Å²) in [6, 6.07) is 3.36. The average molecular weight is 523 g/mol. The second kappa shape index (κ2) is 10.2. The van der Waals surface area contributed by atoms with Crippen molar-refractivity contribution >= 4 is 74.3 Å². The molecule has 0 atom stereocenters. The van der Waals surface area contributed by atoms with Crippen LogP contribution in [-0.2, 0) is 0 Å². The minimum Gasteiger partial charge on any atom is -0.490 e. The fraction of sp³-hybridized carbons (Fsp3) is 0.400. The zero-order valence-electron chi connectivity index (χ0n) is 12.7. The van der Waals surface area contributed by atoms with Crippen LogP contribution in [0.1, 0.15) is 6.42 Å². The van der Waals surface area contributed by atoms with Crippen LogP contribution in [0.15, 0.2) is 21.2 Å². The lowest BCUT2D eigenvalue weighted by molar-refractivity contribution is -0.519. The summed E-state index contributed by atoms with van der Waals surface area (Å²) in [6.07, 6.45) is 2.58. The number of ether oxygens (including phenoxy) is 2. The van der Waals surface area contributed by atoms with E-state index in [0.717, 1.165) is 30.4 Å². The minimum atomic E-state index is 0.348. The van der Waals surface area contributed by atoms with E-state index in [1.54, 1.807) is 30.0 Å². The van der Waals surface area contributed by atoms with Gasteiger partial charge < -0.3 is 9.47 Å². The van der Waals surface area contributed by atoms with E-state index < -0.39 is 0 Å². The van der Waals surface area contributed by atoms with Crippen LogP contribution in [0.4, 0.5) is 0 Å². The first-order valence-electron chi connectivity index (χ1n) is 7.23. The Morgan fingerprint density at radius 1 is 1.33 bits per heavy atom. The third kappa shape index (κ3) is 6.37. The number of amidine groups is 1. The lowest BCUT2D eigenvalue weighted by atomic mass is 10.3. The van der Waals surface area contributed by atoms with Crippen LogP contribution < -0.4 is 15.2 Å². The number of benzene rings is 1. The smallest absolute Gasteiger partial charge is 0.304 e. The maximum Gasteiger partial charge on any atom is 0.304 e. The van der Waals surface area contributed by atoms with E-state index in [0.29, 0.717) is 37.8 Å². The third-order valence-electron chi connectivity index (χ3n) is 3.20. The van der Waals surface area contributed by atoms with E-state index in [2.05, 4.69) is 4.58 Å². The predicted molar refractivity (Wildman–Crippen MR) is 112 cm³/mol. The van der Waals surface area contributed by atoms with Gasteiger partial charge in [0, 0.05) is 24.3 Å². The molecule has 1 heterocycles. The van der Waals surface area contributed by atoms with Crippen LogP contribution in [0.2, 0.25) is 10.0 Å². The van der Waals surface area contributed by atoms with Gasteiger partial charge in [-0.25, -0.2) is 0 Å². The minimum absolute atomic E-state index is 0.348. The summed E-state index contributed by atoms with van der Waals surface area (Å²) in [6.45, 7) is 2.71. The molecule has 0 saturated carbocycles. The van der Waals surface area contributed by atoms with E-state index >= 15 is 0 Å². The second-order valence-corrected chi connectivity index (χ2v) is 9.03. The molecule has 0 saturated heterocycles. The molecule has 1 aromatic carbocycles. The lowest BCUT2D eigenvalue weighted by Crippen LogP contribution is -2.23. The highest BCUT2D eigenvalue weighted by Crippen LogP contribution is 2.37. The maximum absolute atomic E-state index is 6.24. The molecule has 9 heteroatoms. The van der Waals surface area contributed by atoms with Crippen molar-refractivity contribution in [2.24, 2.45) is 5.73 Å². The van der Waals surface area contributed by atoms with Crippen molar-refractivity contribution < 1.29 is 14.0 Å². The molecule has 1 aliphatic rings. The Labute approximate surface area is 174 Å². The molecule has 1 aromatic rings. The van der Waals surface area contributed by atoms with Crippen molar-refractivity contribution in [2.75, 3.05) is 32.1 Å². The van der Waals surface area contributed by atoms with Gasteiger partial charge in [0.2, 0.25) is 0 Å². The molecule has 0 aliphatic carbocycles. The molecule has 1 aliphatic heterocycles. The molecule has 0 amide bonds. The Bertz CT molecular complexity index is 629. The first kappa shape index (κ1) is 20.3. The number of rotatable bonds is 8. The van der Waals surface area contributed by atoms with E-state index in [1.807, 2.05) is 22.6 Å². The fourth-order valence-corrected chi connectivity index (χ4v) is 3.78. The first-order valence-corrected chi connectivity index (χ1v) is 10.4. The van der Waals surface area contributed by atoms with Gasteiger partial charge in [-0.15, -0.1) is 0 Å². The monoisotopic (exact) mass is 521 g/mol. The van der Waals surface area contributed by atoms with Crippen LogP contribution in [0.5, 0.6) is 11.5 Å². The number of hydrogen-bond donors (Lipinski definition) is 1. The van der Waals surface area contributed by atoms with Crippen LogP contribution >= 0.6 is 69.2 Å². The zero-order chi connectivity index (χ0) is 17.5. The van der Waals surface area contributed by atoms with Gasteiger partial charge in [0.15, 0.2) is 5.75 Å². The summed E-state index contributed by atoms with van der Waals surface area (Å²) in [4.78, 5) is 0.